The largest absolute Gasteiger partial charge is 0.351 e. The molecule has 1 aliphatic heterocycles. The van der Waals surface area contributed by atoms with E-state index in [2.05, 4.69) is 76.2 Å². The molecule has 3 rings (SSSR count). The summed E-state index contributed by atoms with van der Waals surface area (Å²) in [7, 11) is 0. The van der Waals surface area contributed by atoms with Crippen molar-refractivity contribution in [2.45, 2.75) is 91.3 Å². The van der Waals surface area contributed by atoms with E-state index < -0.39 is 0 Å². The lowest BCUT2D eigenvalue weighted by molar-refractivity contribution is 0.170. The highest BCUT2D eigenvalue weighted by Crippen LogP contribution is 2.34. The highest BCUT2D eigenvalue weighted by molar-refractivity contribution is 7.15. The molecule has 0 amide bonds. The molecule has 2 N–H and O–H groups in total. The van der Waals surface area contributed by atoms with E-state index in [0.29, 0.717) is 11.5 Å². The number of thiophene rings is 1. The number of aromatic nitrogens is 2. The zero-order valence-electron chi connectivity index (χ0n) is 18.5. The van der Waals surface area contributed by atoms with Gasteiger partial charge >= 0.3 is 0 Å². The molecular formula is C23H36N4S. The van der Waals surface area contributed by atoms with E-state index in [1.807, 2.05) is 23.6 Å². The van der Waals surface area contributed by atoms with Crippen molar-refractivity contribution < 1.29 is 0 Å². The van der Waals surface area contributed by atoms with Gasteiger partial charge in [0.05, 0.1) is 10.6 Å². The number of hydrogen-bond donors (Lipinski definition) is 2. The summed E-state index contributed by atoms with van der Waals surface area (Å²) in [5.74, 6) is 0.736. The monoisotopic (exact) mass is 400 g/mol. The third-order valence-electron chi connectivity index (χ3n) is 5.70. The van der Waals surface area contributed by atoms with Gasteiger partial charge in [0.25, 0.3) is 0 Å². The summed E-state index contributed by atoms with van der Waals surface area (Å²) in [5, 5.41) is 7.33. The van der Waals surface area contributed by atoms with Crippen LogP contribution in [0.5, 0.6) is 0 Å². The maximum atomic E-state index is 4.83. The van der Waals surface area contributed by atoms with Crippen molar-refractivity contribution in [2.24, 2.45) is 5.41 Å². The normalized spacial score (nSPS) is 19.5. The van der Waals surface area contributed by atoms with Crippen LogP contribution in [0.25, 0.3) is 10.6 Å². The molecule has 0 saturated carbocycles. The van der Waals surface area contributed by atoms with Crippen LogP contribution in [-0.2, 0) is 6.42 Å². The van der Waals surface area contributed by atoms with E-state index >= 15 is 0 Å². The van der Waals surface area contributed by atoms with Gasteiger partial charge in [0.2, 0.25) is 5.95 Å². The molecule has 0 aromatic carbocycles. The number of piperidine rings is 1. The van der Waals surface area contributed by atoms with Crippen LogP contribution in [0.2, 0.25) is 0 Å². The van der Waals surface area contributed by atoms with Crippen molar-refractivity contribution in [1.29, 1.82) is 0 Å². The molecule has 1 saturated heterocycles. The van der Waals surface area contributed by atoms with Crippen molar-refractivity contribution in [1.82, 2.24) is 15.3 Å². The molecule has 4 nitrogen and oxygen atoms in total. The van der Waals surface area contributed by atoms with Crippen LogP contribution in [0.3, 0.4) is 0 Å². The Balaban J connectivity index is 1.74. The Morgan fingerprint density at radius 1 is 1.14 bits per heavy atom. The second-order valence-electron chi connectivity index (χ2n) is 10.4. The van der Waals surface area contributed by atoms with Crippen LogP contribution >= 0.6 is 11.3 Å². The molecule has 0 spiro atoms. The van der Waals surface area contributed by atoms with Crippen LogP contribution < -0.4 is 10.6 Å². The summed E-state index contributed by atoms with van der Waals surface area (Å²) in [6, 6.07) is 6.84. The van der Waals surface area contributed by atoms with Crippen LogP contribution in [0, 0.1) is 5.41 Å². The van der Waals surface area contributed by atoms with Gasteiger partial charge in [0, 0.05) is 28.2 Å². The topological polar surface area (TPSA) is 49.8 Å². The van der Waals surface area contributed by atoms with Crippen LogP contribution in [0.15, 0.2) is 24.4 Å². The van der Waals surface area contributed by atoms with Crippen LogP contribution in [0.4, 0.5) is 5.95 Å². The van der Waals surface area contributed by atoms with E-state index in [9.17, 15) is 0 Å². The summed E-state index contributed by atoms with van der Waals surface area (Å²) in [6.07, 6.45) is 6.28. The first-order valence-corrected chi connectivity index (χ1v) is 11.3. The smallest absolute Gasteiger partial charge is 0.223 e. The van der Waals surface area contributed by atoms with Gasteiger partial charge in [-0.2, -0.15) is 0 Å². The molecule has 5 heteroatoms. The first-order valence-electron chi connectivity index (χ1n) is 10.5. The number of hydrogen-bond acceptors (Lipinski definition) is 5. The minimum atomic E-state index is 0.103. The zero-order valence-corrected chi connectivity index (χ0v) is 19.3. The number of anilines is 1. The molecule has 0 bridgehead atoms. The fraction of sp³-hybridized carbons (Fsp3) is 0.652. The molecule has 0 aliphatic carbocycles. The summed E-state index contributed by atoms with van der Waals surface area (Å²) >= 11 is 1.85. The minimum Gasteiger partial charge on any atom is -0.351 e. The predicted molar refractivity (Wildman–Crippen MR) is 121 cm³/mol. The van der Waals surface area contributed by atoms with Crippen molar-refractivity contribution in [3.63, 3.8) is 0 Å². The lowest BCUT2D eigenvalue weighted by Crippen LogP contribution is -2.60. The Morgan fingerprint density at radius 2 is 1.82 bits per heavy atom. The van der Waals surface area contributed by atoms with Crippen molar-refractivity contribution in [3.05, 3.63) is 29.3 Å². The van der Waals surface area contributed by atoms with Gasteiger partial charge in [-0.25, -0.2) is 9.97 Å². The van der Waals surface area contributed by atoms with E-state index in [1.54, 1.807) is 0 Å². The third kappa shape index (κ3) is 5.54. The lowest BCUT2D eigenvalue weighted by Gasteiger charge is -2.46. The molecule has 1 aliphatic rings. The maximum Gasteiger partial charge on any atom is 0.223 e. The van der Waals surface area contributed by atoms with Gasteiger partial charge in [0.1, 0.15) is 0 Å². The summed E-state index contributed by atoms with van der Waals surface area (Å²) in [4.78, 5) is 12.0. The highest BCUT2D eigenvalue weighted by atomic mass is 32.1. The fourth-order valence-electron chi connectivity index (χ4n) is 4.38. The molecule has 0 unspecified atom stereocenters. The Bertz CT molecular complexity index is 790. The number of nitrogens with zero attached hydrogens (tertiary/aromatic N) is 2. The number of nitrogens with one attached hydrogen (secondary N) is 2. The van der Waals surface area contributed by atoms with Gasteiger partial charge in [-0.1, -0.05) is 27.2 Å². The van der Waals surface area contributed by atoms with E-state index in [4.69, 9.17) is 4.98 Å². The molecule has 154 valence electrons. The highest BCUT2D eigenvalue weighted by Gasteiger charge is 2.37. The second kappa shape index (κ2) is 7.75. The first kappa shape index (κ1) is 21.3. The Kier molecular flexibility index (Phi) is 5.88. The molecule has 0 atom stereocenters. The van der Waals surface area contributed by atoms with E-state index in [-0.39, 0.29) is 11.1 Å². The molecule has 0 radical (unpaired) electrons. The third-order valence-corrected chi connectivity index (χ3v) is 6.81. The summed E-state index contributed by atoms with van der Waals surface area (Å²) in [6.45, 7) is 16.0. The van der Waals surface area contributed by atoms with E-state index in [1.165, 1.54) is 16.2 Å². The van der Waals surface area contributed by atoms with Crippen LogP contribution in [-0.4, -0.2) is 27.1 Å². The average molecular weight is 401 g/mol. The minimum absolute atomic E-state index is 0.103. The molecular weight excluding hydrogens is 364 g/mol. The number of rotatable bonds is 6. The molecule has 28 heavy (non-hydrogen) atoms. The summed E-state index contributed by atoms with van der Waals surface area (Å²) < 4.78 is 0. The van der Waals surface area contributed by atoms with E-state index in [0.717, 1.165) is 30.9 Å². The fourth-order valence-corrected chi connectivity index (χ4v) is 5.62. The summed E-state index contributed by atoms with van der Waals surface area (Å²) in [5.41, 5.74) is 1.56. The maximum absolute atomic E-state index is 4.83. The van der Waals surface area contributed by atoms with Crippen LogP contribution in [0.1, 0.15) is 72.6 Å². The second-order valence-corrected chi connectivity index (χ2v) is 11.5. The van der Waals surface area contributed by atoms with Crippen molar-refractivity contribution in [3.8, 4) is 10.6 Å². The van der Waals surface area contributed by atoms with Crippen molar-refractivity contribution in [2.75, 3.05) is 5.32 Å². The first-order chi connectivity index (χ1) is 13.0. The molecule has 2 aromatic heterocycles. The molecule has 2 aromatic rings. The van der Waals surface area contributed by atoms with Gasteiger partial charge in [-0.05, 0) is 70.6 Å². The SMILES string of the molecule is CCC(C)(C)Cc1ccc(-c2ccnc(NC3CC(C)(C)NC(C)(C)C3)n2)s1. The van der Waals surface area contributed by atoms with Gasteiger partial charge in [-0.3, -0.25) is 0 Å². The lowest BCUT2D eigenvalue weighted by atomic mass is 9.80. The standard InChI is InChI=1S/C23H36N4S/c1-8-21(2,3)15-17-9-10-19(28-17)18-11-12-24-20(26-18)25-16-13-22(4,5)27-23(6,7)14-16/h9-12,16,27H,8,13-15H2,1-7H3,(H,24,25,26). The average Bonchev–Trinajstić information content (AvgIpc) is 3.00. The Labute approximate surface area is 174 Å². The van der Waals surface area contributed by atoms with Gasteiger partial charge < -0.3 is 10.6 Å². The molecule has 3 heterocycles. The van der Waals surface area contributed by atoms with Gasteiger partial charge in [0.15, 0.2) is 0 Å². The predicted octanol–water partition coefficient (Wildman–Crippen LogP) is 5.90. The molecule has 1 fully saturated rings. The Morgan fingerprint density at radius 3 is 2.46 bits per heavy atom. The quantitative estimate of drug-likeness (QED) is 0.633. The van der Waals surface area contributed by atoms with Crippen molar-refractivity contribution >= 4 is 17.3 Å². The Hall–Kier alpha value is -1.46. The zero-order chi connectivity index (χ0) is 20.6. The van der Waals surface area contributed by atoms with Gasteiger partial charge in [-0.15, -0.1) is 11.3 Å².